The van der Waals surface area contributed by atoms with Crippen LogP contribution in [0.15, 0.2) is 24.3 Å². The van der Waals surface area contributed by atoms with Crippen molar-refractivity contribution in [1.82, 2.24) is 5.32 Å². The molecule has 3 rings (SSSR count). The highest BCUT2D eigenvalue weighted by Gasteiger charge is 2.35. The third-order valence-corrected chi connectivity index (χ3v) is 5.36. The average molecular weight is 287 g/mol. The van der Waals surface area contributed by atoms with Gasteiger partial charge in [0.2, 0.25) is 0 Å². The van der Waals surface area contributed by atoms with Gasteiger partial charge >= 0.3 is 0 Å². The number of fused-ring (bicyclic) bond motifs is 1. The Balaban J connectivity index is 1.84. The lowest BCUT2D eigenvalue weighted by molar-refractivity contribution is 0.173. The van der Waals surface area contributed by atoms with Crippen LogP contribution in [-0.2, 0) is 0 Å². The Morgan fingerprint density at radius 3 is 2.90 bits per heavy atom. The molecule has 0 aromatic heterocycles. The standard InChI is InChI=1S/C19H29NO/c1-3-20-19(15-8-6-7-14(2)13-15)17-11-12-21-18-10-5-4-9-16(17)18/h4-5,9-10,14-15,17,19-20H,3,6-8,11-13H2,1-2H3. The predicted octanol–water partition coefficient (Wildman–Crippen LogP) is 4.36. The summed E-state index contributed by atoms with van der Waals surface area (Å²) in [5, 5.41) is 3.83. The van der Waals surface area contributed by atoms with E-state index < -0.39 is 0 Å². The highest BCUT2D eigenvalue weighted by Crippen LogP contribution is 2.41. The summed E-state index contributed by atoms with van der Waals surface area (Å²) in [6.07, 6.45) is 6.75. The van der Waals surface area contributed by atoms with E-state index in [1.165, 1.54) is 31.2 Å². The summed E-state index contributed by atoms with van der Waals surface area (Å²) in [6, 6.07) is 9.27. The Morgan fingerprint density at radius 1 is 1.24 bits per heavy atom. The van der Waals surface area contributed by atoms with Crippen LogP contribution in [0.1, 0.15) is 57.4 Å². The van der Waals surface area contributed by atoms with Crippen LogP contribution in [0.25, 0.3) is 0 Å². The fourth-order valence-corrected chi connectivity index (χ4v) is 4.42. The molecule has 21 heavy (non-hydrogen) atoms. The number of benzene rings is 1. The van der Waals surface area contributed by atoms with Gasteiger partial charge in [0.15, 0.2) is 0 Å². The van der Waals surface area contributed by atoms with E-state index in [9.17, 15) is 0 Å². The molecule has 1 fully saturated rings. The topological polar surface area (TPSA) is 21.3 Å². The monoisotopic (exact) mass is 287 g/mol. The van der Waals surface area contributed by atoms with E-state index in [1.54, 1.807) is 0 Å². The molecule has 4 unspecified atom stereocenters. The van der Waals surface area contributed by atoms with Gasteiger partial charge in [-0.05, 0) is 49.3 Å². The van der Waals surface area contributed by atoms with E-state index in [0.717, 1.165) is 37.2 Å². The molecule has 0 amide bonds. The summed E-state index contributed by atoms with van der Waals surface area (Å²) in [5.74, 6) is 3.44. The summed E-state index contributed by atoms with van der Waals surface area (Å²) in [5.41, 5.74) is 1.42. The molecule has 0 radical (unpaired) electrons. The summed E-state index contributed by atoms with van der Waals surface area (Å²) >= 11 is 0. The molecule has 2 aliphatic rings. The van der Waals surface area contributed by atoms with E-state index in [1.807, 2.05) is 0 Å². The molecule has 1 N–H and O–H groups in total. The lowest BCUT2D eigenvalue weighted by Gasteiger charge is -2.40. The first-order chi connectivity index (χ1) is 10.3. The highest BCUT2D eigenvalue weighted by atomic mass is 16.5. The molecule has 1 aromatic carbocycles. The fourth-order valence-electron chi connectivity index (χ4n) is 4.42. The van der Waals surface area contributed by atoms with Gasteiger partial charge in [-0.2, -0.15) is 0 Å². The number of rotatable bonds is 4. The number of para-hydroxylation sites is 1. The molecule has 1 aliphatic heterocycles. The third-order valence-electron chi connectivity index (χ3n) is 5.36. The van der Waals surface area contributed by atoms with Crippen molar-refractivity contribution >= 4 is 0 Å². The minimum Gasteiger partial charge on any atom is -0.493 e. The molecular formula is C19H29NO. The van der Waals surface area contributed by atoms with Crippen LogP contribution < -0.4 is 10.1 Å². The van der Waals surface area contributed by atoms with Crippen LogP contribution in [-0.4, -0.2) is 19.2 Å². The van der Waals surface area contributed by atoms with Gasteiger partial charge in [-0.1, -0.05) is 44.9 Å². The molecule has 1 aromatic rings. The van der Waals surface area contributed by atoms with Crippen LogP contribution in [0.2, 0.25) is 0 Å². The molecule has 0 saturated heterocycles. The van der Waals surface area contributed by atoms with Crippen LogP contribution in [0.3, 0.4) is 0 Å². The normalized spacial score (nSPS) is 30.3. The van der Waals surface area contributed by atoms with E-state index in [4.69, 9.17) is 4.74 Å². The first-order valence-corrected chi connectivity index (χ1v) is 8.74. The van der Waals surface area contributed by atoms with Crippen molar-refractivity contribution < 1.29 is 4.74 Å². The van der Waals surface area contributed by atoms with Crippen molar-refractivity contribution in [2.75, 3.05) is 13.2 Å². The quantitative estimate of drug-likeness (QED) is 0.888. The number of hydrogen-bond donors (Lipinski definition) is 1. The maximum Gasteiger partial charge on any atom is 0.122 e. The smallest absolute Gasteiger partial charge is 0.122 e. The van der Waals surface area contributed by atoms with Gasteiger partial charge in [0.05, 0.1) is 6.61 Å². The fraction of sp³-hybridized carbons (Fsp3) is 0.684. The maximum absolute atomic E-state index is 5.86. The van der Waals surface area contributed by atoms with Crippen molar-refractivity contribution in [3.63, 3.8) is 0 Å². The second-order valence-electron chi connectivity index (χ2n) is 6.90. The summed E-state index contributed by atoms with van der Waals surface area (Å²) in [6.45, 7) is 6.60. The summed E-state index contributed by atoms with van der Waals surface area (Å²) in [7, 11) is 0. The summed E-state index contributed by atoms with van der Waals surface area (Å²) in [4.78, 5) is 0. The zero-order valence-corrected chi connectivity index (χ0v) is 13.5. The predicted molar refractivity (Wildman–Crippen MR) is 87.9 cm³/mol. The molecule has 1 saturated carbocycles. The Labute approximate surface area is 129 Å². The molecular weight excluding hydrogens is 258 g/mol. The van der Waals surface area contributed by atoms with Crippen molar-refractivity contribution in [3.8, 4) is 5.75 Å². The lowest BCUT2D eigenvalue weighted by atomic mass is 9.72. The Morgan fingerprint density at radius 2 is 2.10 bits per heavy atom. The van der Waals surface area contributed by atoms with Gasteiger partial charge in [-0.15, -0.1) is 0 Å². The van der Waals surface area contributed by atoms with E-state index in [-0.39, 0.29) is 0 Å². The minimum atomic E-state index is 0.614. The number of likely N-dealkylation sites (N-methyl/N-ethyl adjacent to an activating group) is 1. The van der Waals surface area contributed by atoms with Gasteiger partial charge in [0.25, 0.3) is 0 Å². The second-order valence-corrected chi connectivity index (χ2v) is 6.90. The molecule has 2 heteroatoms. The molecule has 116 valence electrons. The first kappa shape index (κ1) is 14.9. The highest BCUT2D eigenvalue weighted by molar-refractivity contribution is 5.38. The van der Waals surface area contributed by atoms with E-state index in [0.29, 0.717) is 12.0 Å². The number of hydrogen-bond acceptors (Lipinski definition) is 2. The zero-order chi connectivity index (χ0) is 14.7. The van der Waals surface area contributed by atoms with Crippen molar-refractivity contribution in [2.24, 2.45) is 11.8 Å². The number of nitrogens with one attached hydrogen (secondary N) is 1. The Kier molecular flexibility index (Phi) is 4.84. The van der Waals surface area contributed by atoms with Gasteiger partial charge < -0.3 is 10.1 Å². The van der Waals surface area contributed by atoms with Gasteiger partial charge in [0, 0.05) is 12.0 Å². The molecule has 4 atom stereocenters. The average Bonchev–Trinajstić information content (AvgIpc) is 2.52. The second kappa shape index (κ2) is 6.83. The van der Waals surface area contributed by atoms with Crippen LogP contribution in [0, 0.1) is 11.8 Å². The van der Waals surface area contributed by atoms with E-state index >= 15 is 0 Å². The largest absolute Gasteiger partial charge is 0.493 e. The van der Waals surface area contributed by atoms with Gasteiger partial charge in [-0.3, -0.25) is 0 Å². The maximum atomic E-state index is 5.86. The lowest BCUT2D eigenvalue weighted by Crippen LogP contribution is -2.44. The van der Waals surface area contributed by atoms with E-state index in [2.05, 4.69) is 43.4 Å². The molecule has 0 bridgehead atoms. The number of ether oxygens (including phenoxy) is 1. The molecule has 1 aliphatic carbocycles. The molecule has 1 heterocycles. The molecule has 0 spiro atoms. The van der Waals surface area contributed by atoms with Crippen molar-refractivity contribution in [2.45, 2.75) is 57.9 Å². The van der Waals surface area contributed by atoms with Gasteiger partial charge in [-0.25, -0.2) is 0 Å². The zero-order valence-electron chi connectivity index (χ0n) is 13.5. The molecule has 2 nitrogen and oxygen atoms in total. The van der Waals surface area contributed by atoms with Crippen LogP contribution in [0.5, 0.6) is 5.75 Å². The SMILES string of the molecule is CCNC(C1CCCC(C)C1)C1CCOc2ccccc21. The van der Waals surface area contributed by atoms with Crippen molar-refractivity contribution in [1.29, 1.82) is 0 Å². The van der Waals surface area contributed by atoms with Crippen molar-refractivity contribution in [3.05, 3.63) is 29.8 Å². The van der Waals surface area contributed by atoms with Gasteiger partial charge in [0.1, 0.15) is 5.75 Å². The third kappa shape index (κ3) is 3.26. The summed E-state index contributed by atoms with van der Waals surface area (Å²) < 4.78 is 5.86. The minimum absolute atomic E-state index is 0.614. The van der Waals surface area contributed by atoms with Crippen LogP contribution >= 0.6 is 0 Å². The van der Waals surface area contributed by atoms with Crippen LogP contribution in [0.4, 0.5) is 0 Å². The first-order valence-electron chi connectivity index (χ1n) is 8.74. The Hall–Kier alpha value is -1.02. The Bertz CT molecular complexity index is 459.